The minimum Gasteiger partial charge on any atom is -0.323 e. The van der Waals surface area contributed by atoms with Gasteiger partial charge in [-0.2, -0.15) is 0 Å². The third kappa shape index (κ3) is 4.08. The van der Waals surface area contributed by atoms with Gasteiger partial charge in [0.25, 0.3) is 0 Å². The Morgan fingerprint density at radius 2 is 2.05 bits per heavy atom. The minimum atomic E-state index is -0.233. The van der Waals surface area contributed by atoms with E-state index >= 15 is 0 Å². The predicted molar refractivity (Wildman–Crippen MR) is 76.4 cm³/mol. The predicted octanol–water partition coefficient (Wildman–Crippen LogP) is 3.41. The van der Waals surface area contributed by atoms with Crippen molar-refractivity contribution in [3.8, 4) is 0 Å². The molecule has 6 heteroatoms. The average molecular weight is 292 g/mol. The average Bonchev–Trinajstić information content (AvgIpc) is 2.41. The molecule has 1 aromatic carbocycles. The van der Waals surface area contributed by atoms with Crippen LogP contribution in [0.25, 0.3) is 0 Å². The SMILES string of the molecule is C=CC(=O)Nc1ccc(Sc2ccnc(Cl)n2)cc1. The Morgan fingerprint density at radius 1 is 1.32 bits per heavy atom. The van der Waals surface area contributed by atoms with E-state index in [1.54, 1.807) is 12.3 Å². The summed E-state index contributed by atoms with van der Waals surface area (Å²) in [7, 11) is 0. The molecule has 1 N–H and O–H groups in total. The number of benzene rings is 1. The van der Waals surface area contributed by atoms with Crippen molar-refractivity contribution in [3.05, 3.63) is 54.5 Å². The first kappa shape index (κ1) is 13.6. The molecule has 0 radical (unpaired) electrons. The number of amides is 1. The lowest BCUT2D eigenvalue weighted by atomic mass is 10.3. The van der Waals surface area contributed by atoms with Gasteiger partial charge in [0.15, 0.2) is 0 Å². The summed E-state index contributed by atoms with van der Waals surface area (Å²) in [6.07, 6.45) is 2.84. The van der Waals surface area contributed by atoms with Gasteiger partial charge in [0.1, 0.15) is 5.03 Å². The van der Waals surface area contributed by atoms with Crippen LogP contribution in [0.4, 0.5) is 5.69 Å². The van der Waals surface area contributed by atoms with E-state index in [2.05, 4.69) is 21.9 Å². The quantitative estimate of drug-likeness (QED) is 0.533. The Hall–Kier alpha value is -1.85. The zero-order valence-electron chi connectivity index (χ0n) is 9.84. The highest BCUT2D eigenvalue weighted by Crippen LogP contribution is 2.27. The monoisotopic (exact) mass is 291 g/mol. The summed E-state index contributed by atoms with van der Waals surface area (Å²) in [4.78, 5) is 20.0. The van der Waals surface area contributed by atoms with Crippen molar-refractivity contribution >= 4 is 35.0 Å². The number of halogens is 1. The third-order valence-electron chi connectivity index (χ3n) is 2.13. The highest BCUT2D eigenvalue weighted by Gasteiger charge is 2.01. The van der Waals surface area contributed by atoms with Crippen LogP contribution in [0.5, 0.6) is 0 Å². The van der Waals surface area contributed by atoms with Crippen molar-refractivity contribution in [2.75, 3.05) is 5.32 Å². The van der Waals surface area contributed by atoms with Crippen molar-refractivity contribution in [1.82, 2.24) is 9.97 Å². The standard InChI is InChI=1S/C13H10ClN3OS/c1-2-11(18)16-9-3-5-10(6-4-9)19-12-7-8-15-13(14)17-12/h2-8H,1H2,(H,16,18). The number of nitrogens with one attached hydrogen (secondary N) is 1. The zero-order valence-corrected chi connectivity index (χ0v) is 11.4. The van der Waals surface area contributed by atoms with Crippen LogP contribution < -0.4 is 5.32 Å². The number of hydrogen-bond acceptors (Lipinski definition) is 4. The van der Waals surface area contributed by atoms with Gasteiger partial charge in [-0.05, 0) is 48.0 Å². The Balaban J connectivity index is 2.06. The second-order valence-corrected chi connectivity index (χ2v) is 4.92. The molecule has 96 valence electrons. The van der Waals surface area contributed by atoms with Crippen molar-refractivity contribution in [3.63, 3.8) is 0 Å². The van der Waals surface area contributed by atoms with Gasteiger partial charge in [-0.1, -0.05) is 18.3 Å². The van der Waals surface area contributed by atoms with Gasteiger partial charge in [-0.25, -0.2) is 9.97 Å². The van der Waals surface area contributed by atoms with Gasteiger partial charge in [-0.3, -0.25) is 4.79 Å². The Kier molecular flexibility index (Phi) is 4.54. The van der Waals surface area contributed by atoms with Gasteiger partial charge in [-0.15, -0.1) is 0 Å². The number of hydrogen-bond donors (Lipinski definition) is 1. The molecular weight excluding hydrogens is 282 g/mol. The molecule has 0 atom stereocenters. The number of rotatable bonds is 4. The van der Waals surface area contributed by atoms with Crippen LogP contribution in [-0.2, 0) is 4.79 Å². The number of anilines is 1. The number of aromatic nitrogens is 2. The molecule has 0 aliphatic heterocycles. The number of carbonyl (C=O) groups is 1. The van der Waals surface area contributed by atoms with E-state index < -0.39 is 0 Å². The number of nitrogens with zero attached hydrogens (tertiary/aromatic N) is 2. The van der Waals surface area contributed by atoms with E-state index in [-0.39, 0.29) is 11.2 Å². The van der Waals surface area contributed by atoms with E-state index in [4.69, 9.17) is 11.6 Å². The van der Waals surface area contributed by atoms with E-state index in [0.29, 0.717) is 0 Å². The maximum Gasteiger partial charge on any atom is 0.247 e. The molecule has 1 aromatic heterocycles. The van der Waals surface area contributed by atoms with Gasteiger partial charge >= 0.3 is 0 Å². The molecule has 19 heavy (non-hydrogen) atoms. The zero-order chi connectivity index (χ0) is 13.7. The van der Waals surface area contributed by atoms with Crippen LogP contribution in [0.2, 0.25) is 5.28 Å². The van der Waals surface area contributed by atoms with E-state index in [1.807, 2.05) is 24.3 Å². The van der Waals surface area contributed by atoms with E-state index in [9.17, 15) is 4.79 Å². The molecule has 2 aromatic rings. The fraction of sp³-hybridized carbons (Fsp3) is 0. The second-order valence-electron chi connectivity index (χ2n) is 3.48. The molecular formula is C13H10ClN3OS. The topological polar surface area (TPSA) is 54.9 Å². The lowest BCUT2D eigenvalue weighted by Crippen LogP contribution is -2.06. The summed E-state index contributed by atoms with van der Waals surface area (Å²) >= 11 is 7.18. The third-order valence-corrected chi connectivity index (χ3v) is 3.26. The first-order valence-electron chi connectivity index (χ1n) is 5.37. The summed E-state index contributed by atoms with van der Waals surface area (Å²) in [5.41, 5.74) is 0.718. The second kappa shape index (κ2) is 6.36. The van der Waals surface area contributed by atoms with Crippen molar-refractivity contribution < 1.29 is 4.79 Å². The summed E-state index contributed by atoms with van der Waals surface area (Å²) < 4.78 is 0. The summed E-state index contributed by atoms with van der Waals surface area (Å²) in [5, 5.41) is 3.67. The molecule has 0 saturated carbocycles. The van der Waals surface area contributed by atoms with Crippen LogP contribution in [0.3, 0.4) is 0 Å². The normalized spacial score (nSPS) is 9.95. The van der Waals surface area contributed by atoms with Crippen LogP contribution in [0, 0.1) is 0 Å². The molecule has 0 bridgehead atoms. The Labute approximate surface area is 119 Å². The molecule has 0 aliphatic carbocycles. The van der Waals surface area contributed by atoms with Gasteiger partial charge in [0, 0.05) is 16.8 Å². The van der Waals surface area contributed by atoms with Gasteiger partial charge < -0.3 is 5.32 Å². The molecule has 1 amide bonds. The fourth-order valence-corrected chi connectivity index (χ4v) is 2.27. The molecule has 0 aliphatic rings. The summed E-state index contributed by atoms with van der Waals surface area (Å²) in [5.74, 6) is -0.233. The van der Waals surface area contributed by atoms with Crippen molar-refractivity contribution in [2.24, 2.45) is 0 Å². The molecule has 4 nitrogen and oxygen atoms in total. The molecule has 0 fully saturated rings. The maximum atomic E-state index is 11.1. The molecule has 0 saturated heterocycles. The number of carbonyl (C=O) groups excluding carboxylic acids is 1. The molecule has 1 heterocycles. The Morgan fingerprint density at radius 3 is 2.68 bits per heavy atom. The van der Waals surface area contributed by atoms with Crippen LogP contribution >= 0.6 is 23.4 Å². The largest absolute Gasteiger partial charge is 0.323 e. The molecule has 0 unspecified atom stereocenters. The minimum absolute atomic E-state index is 0.222. The highest BCUT2D eigenvalue weighted by atomic mass is 35.5. The van der Waals surface area contributed by atoms with Crippen LogP contribution in [0.1, 0.15) is 0 Å². The summed E-state index contributed by atoms with van der Waals surface area (Å²) in [6.45, 7) is 3.40. The van der Waals surface area contributed by atoms with E-state index in [0.717, 1.165) is 15.6 Å². The maximum absolute atomic E-state index is 11.1. The van der Waals surface area contributed by atoms with Crippen molar-refractivity contribution in [2.45, 2.75) is 9.92 Å². The lowest BCUT2D eigenvalue weighted by Gasteiger charge is -2.04. The Bertz CT molecular complexity index is 601. The highest BCUT2D eigenvalue weighted by molar-refractivity contribution is 7.99. The fourth-order valence-electron chi connectivity index (χ4n) is 1.30. The lowest BCUT2D eigenvalue weighted by molar-refractivity contribution is -0.111. The first-order valence-corrected chi connectivity index (χ1v) is 6.57. The van der Waals surface area contributed by atoms with E-state index in [1.165, 1.54) is 17.8 Å². The van der Waals surface area contributed by atoms with Crippen molar-refractivity contribution in [1.29, 1.82) is 0 Å². The smallest absolute Gasteiger partial charge is 0.247 e. The van der Waals surface area contributed by atoms with Gasteiger partial charge in [0.05, 0.1) is 0 Å². The first-order chi connectivity index (χ1) is 9.17. The van der Waals surface area contributed by atoms with Gasteiger partial charge in [0.2, 0.25) is 11.2 Å². The molecule has 2 rings (SSSR count). The molecule has 0 spiro atoms. The van der Waals surface area contributed by atoms with Crippen LogP contribution in [0.15, 0.2) is 59.1 Å². The summed E-state index contributed by atoms with van der Waals surface area (Å²) in [6, 6.07) is 9.18. The van der Waals surface area contributed by atoms with Crippen LogP contribution in [-0.4, -0.2) is 15.9 Å².